The zero-order valence-corrected chi connectivity index (χ0v) is 25.2. The van der Waals surface area contributed by atoms with Gasteiger partial charge in [0.15, 0.2) is 0 Å². The molecule has 3 aromatic carbocycles. The van der Waals surface area contributed by atoms with E-state index in [2.05, 4.69) is 5.32 Å². The Labute approximate surface area is 239 Å². The highest BCUT2D eigenvalue weighted by Crippen LogP contribution is 2.29. The Kier molecular flexibility index (Phi) is 10.5. The molecule has 0 spiro atoms. The van der Waals surface area contributed by atoms with Gasteiger partial charge in [0.2, 0.25) is 11.8 Å². The van der Waals surface area contributed by atoms with Crippen molar-refractivity contribution in [3.05, 3.63) is 95.1 Å². The molecule has 40 heavy (non-hydrogen) atoms. The minimum absolute atomic E-state index is 0.0530. The number of nitrogens with zero attached hydrogens (tertiary/aromatic N) is 2. The highest BCUT2D eigenvalue weighted by Gasteiger charge is 2.34. The number of sulfonamides is 1. The number of rotatable bonds is 12. The van der Waals surface area contributed by atoms with Crippen LogP contribution in [0, 0.1) is 20.8 Å². The van der Waals surface area contributed by atoms with E-state index in [4.69, 9.17) is 0 Å². The second-order valence-electron chi connectivity index (χ2n) is 10.3. The van der Waals surface area contributed by atoms with Gasteiger partial charge in [-0.2, -0.15) is 0 Å². The van der Waals surface area contributed by atoms with Gasteiger partial charge in [0, 0.05) is 12.6 Å². The summed E-state index contributed by atoms with van der Waals surface area (Å²) in [5.74, 6) is -0.700. The summed E-state index contributed by atoms with van der Waals surface area (Å²) in [6.45, 7) is 11.2. The number of hydrogen-bond donors (Lipinski definition) is 1. The van der Waals surface area contributed by atoms with Crippen LogP contribution in [0.15, 0.2) is 77.7 Å². The number of amides is 2. The summed E-state index contributed by atoms with van der Waals surface area (Å²) in [5.41, 5.74) is 4.05. The van der Waals surface area contributed by atoms with Crippen molar-refractivity contribution in [1.29, 1.82) is 0 Å². The van der Waals surface area contributed by atoms with Crippen LogP contribution in [-0.2, 0) is 26.2 Å². The van der Waals surface area contributed by atoms with Crippen molar-refractivity contribution in [2.24, 2.45) is 0 Å². The van der Waals surface area contributed by atoms with Gasteiger partial charge < -0.3 is 10.2 Å². The van der Waals surface area contributed by atoms with Crippen molar-refractivity contribution in [1.82, 2.24) is 10.2 Å². The second kappa shape index (κ2) is 13.6. The maximum Gasteiger partial charge on any atom is 0.264 e. The first kappa shape index (κ1) is 30.9. The normalized spacial score (nSPS) is 12.8. The lowest BCUT2D eigenvalue weighted by Gasteiger charge is -2.34. The van der Waals surface area contributed by atoms with Gasteiger partial charge in [-0.25, -0.2) is 8.42 Å². The second-order valence-corrected chi connectivity index (χ2v) is 12.2. The maximum atomic E-state index is 14.2. The van der Waals surface area contributed by atoms with Gasteiger partial charge in [0.1, 0.15) is 12.6 Å². The van der Waals surface area contributed by atoms with Crippen molar-refractivity contribution in [3.8, 4) is 0 Å². The van der Waals surface area contributed by atoms with Crippen molar-refractivity contribution in [2.45, 2.75) is 77.9 Å². The van der Waals surface area contributed by atoms with Crippen LogP contribution in [-0.4, -0.2) is 43.8 Å². The zero-order chi connectivity index (χ0) is 29.4. The first-order valence-corrected chi connectivity index (χ1v) is 15.2. The van der Waals surface area contributed by atoms with Crippen LogP contribution in [0.5, 0.6) is 0 Å². The number of benzene rings is 3. The van der Waals surface area contributed by atoms with Gasteiger partial charge in [-0.05, 0) is 75.4 Å². The standard InChI is InChI=1S/C32H41N3O4S/c1-7-25(5)33-32(37)29(8-2)34(21-27-19-17-23(3)18-20-27)31(36)22-35(30-16-12-13-24(4)26(30)6)40(38,39)28-14-10-9-11-15-28/h9-20,25,29H,7-8,21-22H2,1-6H3,(H,33,37)/t25-,29+/m0/s1. The molecule has 0 aliphatic rings. The molecule has 3 aromatic rings. The molecule has 0 saturated carbocycles. The van der Waals surface area contributed by atoms with E-state index in [-0.39, 0.29) is 23.4 Å². The van der Waals surface area contributed by atoms with Crippen LogP contribution in [0.2, 0.25) is 0 Å². The van der Waals surface area contributed by atoms with E-state index in [0.29, 0.717) is 12.1 Å². The largest absolute Gasteiger partial charge is 0.352 e. The van der Waals surface area contributed by atoms with Gasteiger partial charge in [-0.3, -0.25) is 13.9 Å². The molecular formula is C32H41N3O4S. The monoisotopic (exact) mass is 563 g/mol. The third-order valence-corrected chi connectivity index (χ3v) is 9.09. The Morgan fingerprint density at radius 2 is 1.50 bits per heavy atom. The molecule has 0 unspecified atom stereocenters. The first-order valence-electron chi connectivity index (χ1n) is 13.8. The predicted molar refractivity (Wildman–Crippen MR) is 161 cm³/mol. The first-order chi connectivity index (χ1) is 19.0. The number of carbonyl (C=O) groups excluding carboxylic acids is 2. The summed E-state index contributed by atoms with van der Waals surface area (Å²) in [7, 11) is -4.09. The number of aryl methyl sites for hydroxylation is 2. The molecule has 0 aliphatic heterocycles. The van der Waals surface area contributed by atoms with Crippen molar-refractivity contribution >= 4 is 27.5 Å². The lowest BCUT2D eigenvalue weighted by Crippen LogP contribution is -2.53. The van der Waals surface area contributed by atoms with E-state index in [1.165, 1.54) is 21.3 Å². The molecular weight excluding hydrogens is 522 g/mol. The molecule has 3 rings (SSSR count). The highest BCUT2D eigenvalue weighted by molar-refractivity contribution is 7.92. The van der Waals surface area contributed by atoms with Gasteiger partial charge in [0.25, 0.3) is 10.0 Å². The highest BCUT2D eigenvalue weighted by atomic mass is 32.2. The topological polar surface area (TPSA) is 86.8 Å². The van der Waals surface area contributed by atoms with Crippen molar-refractivity contribution < 1.29 is 18.0 Å². The van der Waals surface area contributed by atoms with Crippen LogP contribution in [0.25, 0.3) is 0 Å². The average molecular weight is 564 g/mol. The lowest BCUT2D eigenvalue weighted by atomic mass is 10.1. The number of anilines is 1. The van der Waals surface area contributed by atoms with E-state index >= 15 is 0 Å². The molecule has 0 fully saturated rings. The summed E-state index contributed by atoms with van der Waals surface area (Å²) < 4.78 is 29.1. The zero-order valence-electron chi connectivity index (χ0n) is 24.3. The summed E-state index contributed by atoms with van der Waals surface area (Å²) in [4.78, 5) is 29.2. The molecule has 0 aromatic heterocycles. The third kappa shape index (κ3) is 7.30. The Bertz CT molecular complexity index is 1410. The van der Waals surface area contributed by atoms with Crippen LogP contribution in [0.3, 0.4) is 0 Å². The number of carbonyl (C=O) groups is 2. The Balaban J connectivity index is 2.08. The molecule has 0 aliphatic carbocycles. The SMILES string of the molecule is CC[C@H](C(=O)N[C@@H](C)CC)N(Cc1ccc(C)cc1)C(=O)CN(c1cccc(C)c1C)S(=O)(=O)c1ccccc1. The Morgan fingerprint density at radius 3 is 2.10 bits per heavy atom. The molecule has 2 atom stereocenters. The molecule has 0 radical (unpaired) electrons. The van der Waals surface area contributed by atoms with Crippen molar-refractivity contribution in [3.63, 3.8) is 0 Å². The molecule has 0 bridgehead atoms. The predicted octanol–water partition coefficient (Wildman–Crippen LogP) is 5.53. The minimum atomic E-state index is -4.09. The van der Waals surface area contributed by atoms with E-state index in [9.17, 15) is 18.0 Å². The molecule has 0 saturated heterocycles. The van der Waals surface area contributed by atoms with Crippen LogP contribution >= 0.6 is 0 Å². The van der Waals surface area contributed by atoms with Gasteiger partial charge in [-0.1, -0.05) is 74.0 Å². The molecule has 7 nitrogen and oxygen atoms in total. The average Bonchev–Trinajstić information content (AvgIpc) is 2.94. The quantitative estimate of drug-likeness (QED) is 0.314. The third-order valence-electron chi connectivity index (χ3n) is 7.32. The fourth-order valence-corrected chi connectivity index (χ4v) is 5.98. The van der Waals surface area contributed by atoms with E-state index in [1.54, 1.807) is 30.3 Å². The fourth-order valence-electron chi connectivity index (χ4n) is 4.49. The summed E-state index contributed by atoms with van der Waals surface area (Å²) >= 11 is 0. The van der Waals surface area contributed by atoms with Crippen LogP contribution in [0.1, 0.15) is 55.9 Å². The maximum absolute atomic E-state index is 14.2. The molecule has 0 heterocycles. The van der Waals surface area contributed by atoms with Gasteiger partial charge >= 0.3 is 0 Å². The summed E-state index contributed by atoms with van der Waals surface area (Å²) in [6.07, 6.45) is 1.14. The molecule has 2 amide bonds. The summed E-state index contributed by atoms with van der Waals surface area (Å²) in [5, 5.41) is 3.00. The number of hydrogen-bond acceptors (Lipinski definition) is 4. The lowest BCUT2D eigenvalue weighted by molar-refractivity contribution is -0.140. The molecule has 8 heteroatoms. The van der Waals surface area contributed by atoms with Crippen LogP contribution < -0.4 is 9.62 Å². The van der Waals surface area contributed by atoms with Gasteiger partial charge in [0.05, 0.1) is 10.6 Å². The fraction of sp³-hybridized carbons (Fsp3) is 0.375. The van der Waals surface area contributed by atoms with Crippen LogP contribution in [0.4, 0.5) is 5.69 Å². The van der Waals surface area contributed by atoms with E-state index in [0.717, 1.165) is 28.7 Å². The van der Waals surface area contributed by atoms with E-state index in [1.807, 2.05) is 71.9 Å². The van der Waals surface area contributed by atoms with Crippen molar-refractivity contribution in [2.75, 3.05) is 10.8 Å². The molecule has 214 valence electrons. The summed E-state index contributed by atoms with van der Waals surface area (Å²) in [6, 6.07) is 20.5. The smallest absolute Gasteiger partial charge is 0.264 e. The number of nitrogens with one attached hydrogen (secondary N) is 1. The Hall–Kier alpha value is -3.65. The van der Waals surface area contributed by atoms with Gasteiger partial charge in [-0.15, -0.1) is 0 Å². The Morgan fingerprint density at radius 1 is 0.850 bits per heavy atom. The minimum Gasteiger partial charge on any atom is -0.352 e. The van der Waals surface area contributed by atoms with E-state index < -0.39 is 28.5 Å². The molecule has 1 N–H and O–H groups in total.